The molecule has 0 fully saturated rings. The summed E-state index contributed by atoms with van der Waals surface area (Å²) in [5, 5.41) is 6.90. The van der Waals surface area contributed by atoms with Gasteiger partial charge in [-0.05, 0) is 34.5 Å². The number of benzene rings is 1. The van der Waals surface area contributed by atoms with Gasteiger partial charge in [0.05, 0.1) is 39.8 Å². The molecule has 0 saturated heterocycles. The molecule has 2 amide bonds. The van der Waals surface area contributed by atoms with Crippen LogP contribution in [0.5, 0.6) is 17.2 Å². The molecule has 148 valence electrons. The zero-order chi connectivity index (χ0) is 19.9. The molecule has 0 atom stereocenters. The van der Waals surface area contributed by atoms with Gasteiger partial charge in [-0.25, -0.2) is 4.79 Å². The van der Waals surface area contributed by atoms with Crippen LogP contribution in [0.15, 0.2) is 51.8 Å². The smallest absolute Gasteiger partial charge is 0.322 e. The zero-order valence-corrected chi connectivity index (χ0v) is 16.7. The van der Waals surface area contributed by atoms with Gasteiger partial charge in [-0.1, -0.05) is 0 Å². The van der Waals surface area contributed by atoms with Crippen molar-refractivity contribution in [2.45, 2.75) is 13.1 Å². The van der Waals surface area contributed by atoms with Gasteiger partial charge in [0, 0.05) is 18.7 Å². The van der Waals surface area contributed by atoms with E-state index in [4.69, 9.17) is 18.6 Å². The van der Waals surface area contributed by atoms with Crippen LogP contribution < -0.4 is 19.5 Å². The summed E-state index contributed by atoms with van der Waals surface area (Å²) in [4.78, 5) is 14.7. The van der Waals surface area contributed by atoms with Crippen LogP contribution in [0.4, 0.5) is 10.5 Å². The van der Waals surface area contributed by atoms with Gasteiger partial charge in [-0.3, -0.25) is 0 Å². The van der Waals surface area contributed by atoms with Crippen LogP contribution in [0, 0.1) is 0 Å². The quantitative estimate of drug-likeness (QED) is 0.596. The average molecular weight is 402 g/mol. The Morgan fingerprint density at radius 2 is 1.86 bits per heavy atom. The van der Waals surface area contributed by atoms with E-state index in [9.17, 15) is 4.79 Å². The maximum Gasteiger partial charge on any atom is 0.322 e. The molecule has 0 radical (unpaired) electrons. The van der Waals surface area contributed by atoms with Crippen LogP contribution in [0.3, 0.4) is 0 Å². The largest absolute Gasteiger partial charge is 0.493 e. The summed E-state index contributed by atoms with van der Waals surface area (Å²) in [6.07, 6.45) is 1.59. The third kappa shape index (κ3) is 4.58. The molecule has 0 aliphatic carbocycles. The minimum Gasteiger partial charge on any atom is -0.493 e. The Bertz CT molecular complexity index is 832. The van der Waals surface area contributed by atoms with E-state index in [0.29, 0.717) is 41.8 Å². The second-order valence-electron chi connectivity index (χ2n) is 5.91. The second-order valence-corrected chi connectivity index (χ2v) is 6.69. The lowest BCUT2D eigenvalue weighted by Crippen LogP contribution is -2.33. The van der Waals surface area contributed by atoms with Crippen LogP contribution in [-0.4, -0.2) is 32.3 Å². The summed E-state index contributed by atoms with van der Waals surface area (Å²) in [6, 6.07) is 8.75. The monoisotopic (exact) mass is 402 g/mol. The van der Waals surface area contributed by atoms with Crippen molar-refractivity contribution in [2.75, 3.05) is 26.6 Å². The van der Waals surface area contributed by atoms with E-state index in [1.165, 1.54) is 21.3 Å². The molecule has 8 heteroatoms. The lowest BCUT2D eigenvalue weighted by atomic mass is 10.2. The van der Waals surface area contributed by atoms with E-state index in [1.54, 1.807) is 40.7 Å². The molecule has 0 saturated carbocycles. The van der Waals surface area contributed by atoms with Crippen LogP contribution >= 0.6 is 11.3 Å². The van der Waals surface area contributed by atoms with E-state index < -0.39 is 0 Å². The fraction of sp³-hybridized carbons (Fsp3) is 0.250. The van der Waals surface area contributed by atoms with Crippen LogP contribution in [0.1, 0.15) is 11.3 Å². The minimum absolute atomic E-state index is 0.267. The standard InChI is InChI=1S/C20H22N2O5S/c1-24-17-9-15(10-18(25-2)19(17)26-3)21-20(23)22(11-14-6-8-28-13-14)12-16-5-4-7-27-16/h4-10,13H,11-12H2,1-3H3,(H,21,23). The van der Waals surface area contributed by atoms with Gasteiger partial charge in [0.25, 0.3) is 0 Å². The van der Waals surface area contributed by atoms with Gasteiger partial charge in [-0.15, -0.1) is 0 Å². The Balaban J connectivity index is 1.82. The molecule has 7 nitrogen and oxygen atoms in total. The first kappa shape index (κ1) is 19.6. The van der Waals surface area contributed by atoms with Crippen LogP contribution in [-0.2, 0) is 13.1 Å². The van der Waals surface area contributed by atoms with Crippen molar-refractivity contribution < 1.29 is 23.4 Å². The molecule has 2 aromatic heterocycles. The van der Waals surface area contributed by atoms with Gasteiger partial charge in [0.15, 0.2) is 11.5 Å². The molecule has 1 aromatic carbocycles. The number of carbonyl (C=O) groups is 1. The first-order valence-electron chi connectivity index (χ1n) is 8.54. The van der Waals surface area contributed by atoms with Crippen molar-refractivity contribution in [2.24, 2.45) is 0 Å². The highest BCUT2D eigenvalue weighted by Gasteiger charge is 2.19. The van der Waals surface area contributed by atoms with Crippen LogP contribution in [0.2, 0.25) is 0 Å². The van der Waals surface area contributed by atoms with Gasteiger partial charge in [-0.2, -0.15) is 11.3 Å². The number of furan rings is 1. The molecular formula is C20H22N2O5S. The molecule has 1 N–H and O–H groups in total. The number of amides is 2. The highest BCUT2D eigenvalue weighted by atomic mass is 32.1. The average Bonchev–Trinajstić information content (AvgIpc) is 3.40. The lowest BCUT2D eigenvalue weighted by molar-refractivity contribution is 0.201. The van der Waals surface area contributed by atoms with E-state index >= 15 is 0 Å². The summed E-state index contributed by atoms with van der Waals surface area (Å²) in [7, 11) is 4.59. The third-order valence-electron chi connectivity index (χ3n) is 4.08. The Hall–Kier alpha value is -3.13. The van der Waals surface area contributed by atoms with Crippen molar-refractivity contribution in [1.82, 2.24) is 4.90 Å². The first-order valence-corrected chi connectivity index (χ1v) is 9.48. The van der Waals surface area contributed by atoms with Gasteiger partial charge in [0.2, 0.25) is 5.75 Å². The molecule has 28 heavy (non-hydrogen) atoms. The number of nitrogens with one attached hydrogen (secondary N) is 1. The van der Waals surface area contributed by atoms with E-state index in [2.05, 4.69) is 5.32 Å². The normalized spacial score (nSPS) is 10.4. The second kappa shape index (κ2) is 9.18. The topological polar surface area (TPSA) is 73.2 Å². The number of rotatable bonds is 8. The Morgan fingerprint density at radius 1 is 1.11 bits per heavy atom. The first-order chi connectivity index (χ1) is 13.6. The Labute approximate surface area is 167 Å². The number of methoxy groups -OCH3 is 3. The summed E-state index contributed by atoms with van der Waals surface area (Å²) < 4.78 is 21.4. The summed E-state index contributed by atoms with van der Waals surface area (Å²) in [6.45, 7) is 0.805. The fourth-order valence-corrected chi connectivity index (χ4v) is 3.41. The van der Waals surface area contributed by atoms with E-state index in [1.807, 2.05) is 22.9 Å². The molecule has 0 unspecified atom stereocenters. The maximum atomic E-state index is 13.0. The maximum absolute atomic E-state index is 13.0. The molecule has 0 aliphatic heterocycles. The van der Waals surface area contributed by atoms with E-state index in [0.717, 1.165) is 5.56 Å². The van der Waals surface area contributed by atoms with Gasteiger partial charge in [0.1, 0.15) is 5.76 Å². The highest BCUT2D eigenvalue weighted by molar-refractivity contribution is 7.07. The predicted molar refractivity (Wildman–Crippen MR) is 107 cm³/mol. The Kier molecular flexibility index (Phi) is 6.44. The molecule has 0 spiro atoms. The van der Waals surface area contributed by atoms with Crippen molar-refractivity contribution in [3.8, 4) is 17.2 Å². The highest BCUT2D eigenvalue weighted by Crippen LogP contribution is 2.40. The van der Waals surface area contributed by atoms with Gasteiger partial charge < -0.3 is 28.8 Å². The molecule has 2 heterocycles. The summed E-state index contributed by atoms with van der Waals surface area (Å²) in [5.41, 5.74) is 1.59. The number of anilines is 1. The molecular weight excluding hydrogens is 380 g/mol. The molecule has 3 aromatic rings. The molecule has 0 aliphatic rings. The number of nitrogens with zero attached hydrogens (tertiary/aromatic N) is 1. The van der Waals surface area contributed by atoms with Crippen molar-refractivity contribution in [3.05, 3.63) is 58.7 Å². The number of urea groups is 1. The third-order valence-corrected chi connectivity index (χ3v) is 4.82. The van der Waals surface area contributed by atoms with Crippen LogP contribution in [0.25, 0.3) is 0 Å². The van der Waals surface area contributed by atoms with Crippen molar-refractivity contribution in [1.29, 1.82) is 0 Å². The number of carbonyl (C=O) groups excluding carboxylic acids is 1. The number of ether oxygens (including phenoxy) is 3. The number of hydrogen-bond acceptors (Lipinski definition) is 6. The number of thiophene rings is 1. The molecule has 3 rings (SSSR count). The van der Waals surface area contributed by atoms with Crippen molar-refractivity contribution in [3.63, 3.8) is 0 Å². The minimum atomic E-state index is -0.267. The zero-order valence-electron chi connectivity index (χ0n) is 15.9. The fourth-order valence-electron chi connectivity index (χ4n) is 2.75. The number of hydrogen-bond donors (Lipinski definition) is 1. The van der Waals surface area contributed by atoms with E-state index in [-0.39, 0.29) is 6.03 Å². The lowest BCUT2D eigenvalue weighted by Gasteiger charge is -2.22. The Morgan fingerprint density at radius 3 is 2.39 bits per heavy atom. The summed E-state index contributed by atoms with van der Waals surface area (Å²) in [5.74, 6) is 2.10. The van der Waals surface area contributed by atoms with Gasteiger partial charge >= 0.3 is 6.03 Å². The summed E-state index contributed by atoms with van der Waals surface area (Å²) >= 11 is 1.59. The SMILES string of the molecule is COc1cc(NC(=O)N(Cc2ccsc2)Cc2ccco2)cc(OC)c1OC. The van der Waals surface area contributed by atoms with Crippen molar-refractivity contribution >= 4 is 23.1 Å². The predicted octanol–water partition coefficient (Wildman–Crippen LogP) is 4.60. The molecule has 0 bridgehead atoms.